The standard InChI is InChI=1S/C24H26N2O2/c1-18(24(20-8-3-2-4-9-20)26-13-15-28-16-14-26)25-17-22-21-10-6-5-7-19(21)11-12-23(22)27/h2-12,17-18,24,27H,13-16H2,1H3/t18-,24-/m0/s1. The number of ether oxygens (including phenoxy) is 1. The Balaban J connectivity index is 1.66. The Morgan fingerprint density at radius 1 is 0.964 bits per heavy atom. The fraction of sp³-hybridized carbons (Fsp3) is 0.292. The molecule has 4 heteroatoms. The maximum Gasteiger partial charge on any atom is 0.124 e. The molecule has 0 unspecified atom stereocenters. The summed E-state index contributed by atoms with van der Waals surface area (Å²) in [5.41, 5.74) is 2.04. The second-order valence-electron chi connectivity index (χ2n) is 7.24. The monoisotopic (exact) mass is 374 g/mol. The van der Waals surface area contributed by atoms with Crippen LogP contribution in [0.15, 0.2) is 71.7 Å². The summed E-state index contributed by atoms with van der Waals surface area (Å²) < 4.78 is 5.55. The molecule has 2 atom stereocenters. The summed E-state index contributed by atoms with van der Waals surface area (Å²) in [5, 5.41) is 12.5. The van der Waals surface area contributed by atoms with Gasteiger partial charge in [-0.2, -0.15) is 0 Å². The Morgan fingerprint density at radius 2 is 1.68 bits per heavy atom. The third kappa shape index (κ3) is 3.93. The van der Waals surface area contributed by atoms with Crippen LogP contribution >= 0.6 is 0 Å². The Kier molecular flexibility index (Phi) is 5.70. The first-order valence-electron chi connectivity index (χ1n) is 9.84. The highest BCUT2D eigenvalue weighted by molar-refractivity contribution is 6.02. The number of morpholine rings is 1. The van der Waals surface area contributed by atoms with E-state index in [1.165, 1.54) is 5.56 Å². The van der Waals surface area contributed by atoms with Crippen LogP contribution in [0.4, 0.5) is 0 Å². The summed E-state index contributed by atoms with van der Waals surface area (Å²) in [4.78, 5) is 7.34. The molecule has 1 heterocycles. The third-order valence-electron chi connectivity index (χ3n) is 5.42. The Hall–Kier alpha value is -2.69. The molecule has 0 saturated carbocycles. The lowest BCUT2D eigenvalue weighted by Gasteiger charge is -2.37. The summed E-state index contributed by atoms with van der Waals surface area (Å²) in [6, 6.07) is 22.5. The molecule has 3 aromatic carbocycles. The molecule has 28 heavy (non-hydrogen) atoms. The Morgan fingerprint density at radius 3 is 2.46 bits per heavy atom. The molecule has 3 aromatic rings. The molecule has 0 bridgehead atoms. The van der Waals surface area contributed by atoms with E-state index in [1.54, 1.807) is 6.07 Å². The van der Waals surface area contributed by atoms with Gasteiger partial charge < -0.3 is 9.84 Å². The van der Waals surface area contributed by atoms with Crippen LogP contribution in [0.3, 0.4) is 0 Å². The summed E-state index contributed by atoms with van der Waals surface area (Å²) in [7, 11) is 0. The van der Waals surface area contributed by atoms with E-state index < -0.39 is 0 Å². The number of rotatable bonds is 5. The van der Waals surface area contributed by atoms with Crippen molar-refractivity contribution in [1.82, 2.24) is 4.90 Å². The lowest BCUT2D eigenvalue weighted by Crippen LogP contribution is -2.42. The van der Waals surface area contributed by atoms with Crippen molar-refractivity contribution in [3.05, 3.63) is 77.9 Å². The summed E-state index contributed by atoms with van der Waals surface area (Å²) in [6.45, 7) is 5.46. The van der Waals surface area contributed by atoms with E-state index in [9.17, 15) is 5.11 Å². The number of aliphatic imine (C=N–C) groups is 1. The summed E-state index contributed by atoms with van der Waals surface area (Å²) in [5.74, 6) is 0.261. The minimum Gasteiger partial charge on any atom is -0.507 e. The van der Waals surface area contributed by atoms with Crippen molar-refractivity contribution in [3.8, 4) is 5.75 Å². The highest BCUT2D eigenvalue weighted by Gasteiger charge is 2.27. The zero-order valence-corrected chi connectivity index (χ0v) is 16.2. The van der Waals surface area contributed by atoms with Gasteiger partial charge in [0, 0.05) is 24.9 Å². The van der Waals surface area contributed by atoms with Gasteiger partial charge >= 0.3 is 0 Å². The second-order valence-corrected chi connectivity index (χ2v) is 7.24. The van der Waals surface area contributed by atoms with Gasteiger partial charge in [-0.1, -0.05) is 60.7 Å². The molecule has 4 nitrogen and oxygen atoms in total. The molecule has 1 aliphatic rings. The van der Waals surface area contributed by atoms with Gasteiger partial charge in [0.15, 0.2) is 0 Å². The van der Waals surface area contributed by atoms with E-state index in [-0.39, 0.29) is 17.8 Å². The number of fused-ring (bicyclic) bond motifs is 1. The van der Waals surface area contributed by atoms with Crippen LogP contribution in [0.5, 0.6) is 5.75 Å². The number of benzene rings is 3. The summed E-state index contributed by atoms with van der Waals surface area (Å²) in [6.07, 6.45) is 1.83. The molecule has 4 rings (SSSR count). The highest BCUT2D eigenvalue weighted by Crippen LogP contribution is 2.29. The van der Waals surface area contributed by atoms with Gasteiger partial charge in [-0.05, 0) is 29.3 Å². The first kappa shape index (κ1) is 18.7. The fourth-order valence-electron chi connectivity index (χ4n) is 3.99. The van der Waals surface area contributed by atoms with Crippen LogP contribution < -0.4 is 0 Å². The topological polar surface area (TPSA) is 45.1 Å². The SMILES string of the molecule is C[C@H](N=Cc1c(O)ccc2ccccc12)[C@@H](c1ccccc1)N1CCOCC1. The molecule has 0 radical (unpaired) electrons. The molecule has 144 valence electrons. The quantitative estimate of drug-likeness (QED) is 0.672. The Labute approximate surface area is 166 Å². The van der Waals surface area contributed by atoms with Crippen LogP contribution in [0, 0.1) is 0 Å². The van der Waals surface area contributed by atoms with E-state index in [4.69, 9.17) is 9.73 Å². The number of hydrogen-bond acceptors (Lipinski definition) is 4. The van der Waals surface area contributed by atoms with E-state index in [2.05, 4.69) is 42.2 Å². The van der Waals surface area contributed by atoms with Gasteiger partial charge in [0.1, 0.15) is 5.75 Å². The van der Waals surface area contributed by atoms with Gasteiger partial charge in [-0.15, -0.1) is 0 Å². The maximum absolute atomic E-state index is 10.4. The van der Waals surface area contributed by atoms with E-state index in [0.717, 1.165) is 42.6 Å². The van der Waals surface area contributed by atoms with Crippen LogP contribution in [0.25, 0.3) is 10.8 Å². The molecule has 1 N–H and O–H groups in total. The first-order chi connectivity index (χ1) is 13.7. The van der Waals surface area contributed by atoms with Crippen molar-refractivity contribution < 1.29 is 9.84 Å². The van der Waals surface area contributed by atoms with Crippen LogP contribution in [0.2, 0.25) is 0 Å². The van der Waals surface area contributed by atoms with Crippen molar-refractivity contribution in [2.75, 3.05) is 26.3 Å². The fourth-order valence-corrected chi connectivity index (χ4v) is 3.99. The average Bonchev–Trinajstić information content (AvgIpc) is 2.75. The van der Waals surface area contributed by atoms with E-state index in [1.807, 2.05) is 36.5 Å². The van der Waals surface area contributed by atoms with Gasteiger partial charge in [0.2, 0.25) is 0 Å². The largest absolute Gasteiger partial charge is 0.507 e. The van der Waals surface area contributed by atoms with Crippen LogP contribution in [-0.4, -0.2) is 48.6 Å². The van der Waals surface area contributed by atoms with E-state index >= 15 is 0 Å². The van der Waals surface area contributed by atoms with Gasteiger partial charge in [0.25, 0.3) is 0 Å². The van der Waals surface area contributed by atoms with Gasteiger partial charge in [-0.3, -0.25) is 9.89 Å². The van der Waals surface area contributed by atoms with Gasteiger partial charge in [0.05, 0.1) is 25.3 Å². The van der Waals surface area contributed by atoms with E-state index in [0.29, 0.717) is 0 Å². The predicted molar refractivity (Wildman–Crippen MR) is 114 cm³/mol. The minimum atomic E-state index is 0.0406. The molecule has 0 aromatic heterocycles. The Bertz CT molecular complexity index is 949. The van der Waals surface area contributed by atoms with Crippen molar-refractivity contribution in [2.45, 2.75) is 19.0 Å². The number of hydrogen-bond donors (Lipinski definition) is 1. The molecular weight excluding hydrogens is 348 g/mol. The lowest BCUT2D eigenvalue weighted by atomic mass is 9.98. The van der Waals surface area contributed by atoms with Gasteiger partial charge in [-0.25, -0.2) is 0 Å². The number of phenolic OH excluding ortho intramolecular Hbond substituents is 1. The van der Waals surface area contributed by atoms with Crippen molar-refractivity contribution >= 4 is 17.0 Å². The molecule has 1 aliphatic heterocycles. The zero-order chi connectivity index (χ0) is 19.3. The smallest absolute Gasteiger partial charge is 0.124 e. The molecule has 0 spiro atoms. The normalized spacial score (nSPS) is 17.8. The van der Waals surface area contributed by atoms with Crippen molar-refractivity contribution in [2.24, 2.45) is 4.99 Å². The molecule has 1 fully saturated rings. The molecule has 0 amide bonds. The second kappa shape index (κ2) is 8.55. The first-order valence-corrected chi connectivity index (χ1v) is 9.84. The molecule has 1 saturated heterocycles. The molecule has 0 aliphatic carbocycles. The number of aromatic hydroxyl groups is 1. The highest BCUT2D eigenvalue weighted by atomic mass is 16.5. The van der Waals surface area contributed by atoms with Crippen molar-refractivity contribution in [1.29, 1.82) is 0 Å². The van der Waals surface area contributed by atoms with Crippen LogP contribution in [-0.2, 0) is 4.74 Å². The maximum atomic E-state index is 10.4. The lowest BCUT2D eigenvalue weighted by molar-refractivity contribution is 0.0119. The van der Waals surface area contributed by atoms with Crippen molar-refractivity contribution in [3.63, 3.8) is 0 Å². The predicted octanol–water partition coefficient (Wildman–Crippen LogP) is 4.43. The zero-order valence-electron chi connectivity index (χ0n) is 16.2. The number of nitrogens with zero attached hydrogens (tertiary/aromatic N) is 2. The van der Waals surface area contributed by atoms with Crippen LogP contribution in [0.1, 0.15) is 24.1 Å². The average molecular weight is 374 g/mol. The third-order valence-corrected chi connectivity index (χ3v) is 5.42. The molecular formula is C24H26N2O2. The number of phenols is 1. The summed E-state index contributed by atoms with van der Waals surface area (Å²) >= 11 is 0. The minimum absolute atomic E-state index is 0.0406.